The lowest BCUT2D eigenvalue weighted by Gasteiger charge is -2.42. The van der Waals surface area contributed by atoms with Crippen LogP contribution in [0.1, 0.15) is 31.2 Å². The van der Waals surface area contributed by atoms with Gasteiger partial charge in [0.15, 0.2) is 23.1 Å². The number of phenolic OH excluding ortho intramolecular Hbond substituents is 1. The first kappa shape index (κ1) is 21.0. The van der Waals surface area contributed by atoms with Gasteiger partial charge in [-0.05, 0) is 59.3 Å². The number of benzene rings is 1. The molecule has 1 heterocycles. The number of ketones is 2. The number of allylic oxidation sites excluding steroid dienone is 6. The number of imide groups is 1. The van der Waals surface area contributed by atoms with Gasteiger partial charge in [0.25, 0.3) is 0 Å². The van der Waals surface area contributed by atoms with Crippen LogP contribution in [0.4, 0.5) is 4.39 Å². The zero-order valence-corrected chi connectivity index (χ0v) is 18.7. The molecule has 1 N–H and O–H groups in total. The van der Waals surface area contributed by atoms with Crippen molar-refractivity contribution in [3.8, 4) is 5.75 Å². The second-order valence-electron chi connectivity index (χ2n) is 8.53. The number of fused-ring (bicyclic) bond motifs is 3. The number of hydrogen-bond donors (Lipinski definition) is 1. The molecule has 0 radical (unpaired) electrons. The molecule has 2 amide bonds. The number of amides is 2. The van der Waals surface area contributed by atoms with Crippen molar-refractivity contribution >= 4 is 39.3 Å². The molecule has 3 aliphatic carbocycles. The predicted octanol–water partition coefficient (Wildman–Crippen LogP) is 3.31. The second kappa shape index (κ2) is 7.33. The van der Waals surface area contributed by atoms with Crippen LogP contribution < -0.4 is 0 Å². The number of Topliss-reactive ketones (excluding diaryl/α,β-unsaturated/α-hetero) is 1. The molecule has 4 unspecified atom stereocenters. The minimum absolute atomic E-state index is 0.140. The Morgan fingerprint density at radius 1 is 1.16 bits per heavy atom. The van der Waals surface area contributed by atoms with Crippen LogP contribution in [0.3, 0.4) is 0 Å². The summed E-state index contributed by atoms with van der Waals surface area (Å²) in [6.45, 7) is 2.02. The first-order valence-electron chi connectivity index (χ1n) is 10.5. The van der Waals surface area contributed by atoms with Gasteiger partial charge < -0.3 is 5.11 Å². The van der Waals surface area contributed by atoms with Gasteiger partial charge in [-0.1, -0.05) is 17.7 Å². The van der Waals surface area contributed by atoms with Crippen molar-refractivity contribution in [3.05, 3.63) is 62.9 Å². The number of likely N-dealkylation sites (tertiary alicyclic amines) is 1. The van der Waals surface area contributed by atoms with Crippen molar-refractivity contribution in [2.24, 2.45) is 17.8 Å². The fourth-order valence-corrected chi connectivity index (χ4v) is 6.11. The normalized spacial score (nSPS) is 29.5. The van der Waals surface area contributed by atoms with Crippen molar-refractivity contribution in [3.63, 3.8) is 0 Å². The highest BCUT2D eigenvalue weighted by Crippen LogP contribution is 2.55. The number of nitrogens with zero attached hydrogens (tertiary/aromatic N) is 1. The minimum atomic E-state index is -0.836. The summed E-state index contributed by atoms with van der Waals surface area (Å²) in [5.74, 6) is -4.81. The molecule has 6 nitrogen and oxygen atoms in total. The molecule has 4 aliphatic rings. The first-order valence-corrected chi connectivity index (χ1v) is 11.3. The van der Waals surface area contributed by atoms with Gasteiger partial charge in [-0.15, -0.1) is 0 Å². The summed E-state index contributed by atoms with van der Waals surface area (Å²) >= 11 is 3.16. The van der Waals surface area contributed by atoms with Crippen molar-refractivity contribution in [2.75, 3.05) is 6.54 Å². The van der Waals surface area contributed by atoms with E-state index in [0.717, 1.165) is 11.6 Å². The summed E-state index contributed by atoms with van der Waals surface area (Å²) in [6.07, 6.45) is 3.61. The van der Waals surface area contributed by atoms with Crippen LogP contribution in [0, 0.1) is 23.6 Å². The van der Waals surface area contributed by atoms with Crippen molar-refractivity contribution in [1.82, 2.24) is 4.90 Å². The number of carbonyl (C=O) groups excluding carboxylic acids is 4. The standard InChI is InChI=1S/C24H19BrFNO5/c1-2-27-23(31)12-5-4-11-13(20(12)24(27)32)8-14-21(18(29)9-15(25)22(14)30)19(11)10-3-6-17(28)16(26)7-10/h3-4,6-7,9,12-13,19-20,28H,2,5,8H2,1H3. The van der Waals surface area contributed by atoms with Gasteiger partial charge >= 0.3 is 0 Å². The first-order chi connectivity index (χ1) is 15.2. The summed E-state index contributed by atoms with van der Waals surface area (Å²) in [5, 5.41) is 9.65. The SMILES string of the molecule is CCN1C(=O)C2CC=C3C(c4ccc(O)c(F)c4)C4=C(CC3C2C1=O)C(=O)C(Br)=CC4=O. The summed E-state index contributed by atoms with van der Waals surface area (Å²) in [6, 6.07) is 3.89. The number of hydrogen-bond acceptors (Lipinski definition) is 5. The molecule has 32 heavy (non-hydrogen) atoms. The molecule has 0 spiro atoms. The van der Waals surface area contributed by atoms with Crippen LogP contribution in [0.2, 0.25) is 0 Å². The number of carbonyl (C=O) groups is 4. The zero-order chi connectivity index (χ0) is 22.9. The van der Waals surface area contributed by atoms with Crippen LogP contribution in [0.5, 0.6) is 5.75 Å². The second-order valence-corrected chi connectivity index (χ2v) is 9.38. The van der Waals surface area contributed by atoms with E-state index >= 15 is 0 Å². The quantitative estimate of drug-likeness (QED) is 0.382. The van der Waals surface area contributed by atoms with Crippen LogP contribution in [-0.2, 0) is 19.2 Å². The highest BCUT2D eigenvalue weighted by atomic mass is 79.9. The molecule has 1 saturated heterocycles. The van der Waals surface area contributed by atoms with Gasteiger partial charge in [0, 0.05) is 29.7 Å². The molecule has 1 aromatic carbocycles. The Morgan fingerprint density at radius 3 is 2.59 bits per heavy atom. The van der Waals surface area contributed by atoms with Crippen molar-refractivity contribution in [2.45, 2.75) is 25.7 Å². The number of rotatable bonds is 2. The van der Waals surface area contributed by atoms with Crippen molar-refractivity contribution in [1.29, 1.82) is 0 Å². The maximum absolute atomic E-state index is 14.3. The summed E-state index contributed by atoms with van der Waals surface area (Å²) in [7, 11) is 0. The summed E-state index contributed by atoms with van der Waals surface area (Å²) in [5.41, 5.74) is 1.73. The molecular formula is C24H19BrFNO5. The predicted molar refractivity (Wildman–Crippen MR) is 115 cm³/mol. The van der Waals surface area contributed by atoms with E-state index in [1.165, 1.54) is 23.1 Å². The van der Waals surface area contributed by atoms with Gasteiger partial charge in [0.05, 0.1) is 16.3 Å². The van der Waals surface area contributed by atoms with Crippen LogP contribution in [-0.4, -0.2) is 39.9 Å². The third-order valence-electron chi connectivity index (χ3n) is 7.04. The van der Waals surface area contributed by atoms with E-state index in [1.807, 2.05) is 6.08 Å². The van der Waals surface area contributed by atoms with Gasteiger partial charge in [-0.25, -0.2) is 4.39 Å². The lowest BCUT2D eigenvalue weighted by Crippen LogP contribution is -2.39. The average molecular weight is 500 g/mol. The fourth-order valence-electron chi connectivity index (χ4n) is 5.67. The van der Waals surface area contributed by atoms with Gasteiger partial charge in [0.2, 0.25) is 11.8 Å². The molecule has 8 heteroatoms. The molecule has 1 aromatic rings. The lowest BCUT2D eigenvalue weighted by molar-refractivity contribution is -0.139. The Morgan fingerprint density at radius 2 is 1.91 bits per heavy atom. The Balaban J connectivity index is 1.71. The van der Waals surface area contributed by atoms with E-state index in [0.29, 0.717) is 17.6 Å². The smallest absolute Gasteiger partial charge is 0.233 e. The van der Waals surface area contributed by atoms with E-state index in [2.05, 4.69) is 15.9 Å². The van der Waals surface area contributed by atoms with Crippen LogP contribution >= 0.6 is 15.9 Å². The van der Waals surface area contributed by atoms with E-state index in [-0.39, 0.29) is 46.4 Å². The van der Waals surface area contributed by atoms with Gasteiger partial charge in [0.1, 0.15) is 0 Å². The molecule has 0 aromatic heterocycles. The molecule has 1 aliphatic heterocycles. The highest BCUT2D eigenvalue weighted by Gasteiger charge is 2.55. The average Bonchev–Trinajstić information content (AvgIpc) is 3.02. The van der Waals surface area contributed by atoms with E-state index in [4.69, 9.17) is 0 Å². The Kier molecular flexibility index (Phi) is 4.81. The molecule has 0 bridgehead atoms. The van der Waals surface area contributed by atoms with Gasteiger partial charge in [-0.2, -0.15) is 0 Å². The molecular weight excluding hydrogens is 481 g/mol. The summed E-state index contributed by atoms with van der Waals surface area (Å²) in [4.78, 5) is 53.2. The molecule has 0 saturated carbocycles. The fraction of sp³-hybridized carbons (Fsp3) is 0.333. The minimum Gasteiger partial charge on any atom is -0.505 e. The Labute approximate surface area is 191 Å². The van der Waals surface area contributed by atoms with Crippen molar-refractivity contribution < 1.29 is 28.7 Å². The molecule has 5 rings (SSSR count). The highest BCUT2D eigenvalue weighted by molar-refractivity contribution is 9.12. The van der Waals surface area contributed by atoms with Crippen LogP contribution in [0.25, 0.3) is 0 Å². The molecule has 4 atom stereocenters. The topological polar surface area (TPSA) is 91.8 Å². The molecule has 1 fully saturated rings. The Bertz CT molecular complexity index is 1210. The third-order valence-corrected chi connectivity index (χ3v) is 7.63. The third kappa shape index (κ3) is 2.81. The zero-order valence-electron chi connectivity index (χ0n) is 17.1. The number of aromatic hydroxyl groups is 1. The number of phenols is 1. The van der Waals surface area contributed by atoms with E-state index in [9.17, 15) is 28.7 Å². The lowest BCUT2D eigenvalue weighted by atomic mass is 9.59. The largest absolute Gasteiger partial charge is 0.505 e. The Hall–Kier alpha value is -2.87. The maximum atomic E-state index is 14.3. The maximum Gasteiger partial charge on any atom is 0.233 e. The molecule has 164 valence electrons. The van der Waals surface area contributed by atoms with Crippen LogP contribution in [0.15, 0.2) is 51.6 Å². The van der Waals surface area contributed by atoms with E-state index in [1.54, 1.807) is 6.92 Å². The monoisotopic (exact) mass is 499 g/mol. The van der Waals surface area contributed by atoms with E-state index < -0.39 is 35.2 Å². The number of halogens is 2. The van der Waals surface area contributed by atoms with Gasteiger partial charge in [-0.3, -0.25) is 24.1 Å². The summed E-state index contributed by atoms with van der Waals surface area (Å²) < 4.78 is 14.4.